The number of likely N-dealkylation sites (tertiary alicyclic amines) is 1. The quantitative estimate of drug-likeness (QED) is 0.521. The molecule has 1 saturated heterocycles. The van der Waals surface area contributed by atoms with E-state index in [9.17, 15) is 9.90 Å². The van der Waals surface area contributed by atoms with Crippen LogP contribution in [0.4, 0.5) is 0 Å². The highest BCUT2D eigenvalue weighted by Gasteiger charge is 2.27. The van der Waals surface area contributed by atoms with Gasteiger partial charge in [-0.3, -0.25) is 19.7 Å². The number of ether oxygens (including phenoxy) is 3. The van der Waals surface area contributed by atoms with Crippen molar-refractivity contribution < 1.29 is 19.3 Å². The number of aliphatic hydroxyl groups excluding tert-OH is 1. The summed E-state index contributed by atoms with van der Waals surface area (Å²) in [6.45, 7) is 4.14. The van der Waals surface area contributed by atoms with Gasteiger partial charge in [0.25, 0.3) is 5.56 Å². The maximum atomic E-state index is 12.5. The standard InChI is InChI=1S/C24H29N5O5/c1-32-17-11-20-18(27-13-17)2-3-24(31)29(20)7-6-28-5-4-19(21(30)15-28)26-12-16-10-22-23(14-25-16)34-9-8-33-22/h2-3,10-11,13-14,19,21,26,30H,4-9,12,15H2,1H3/t19-,21+/m1/s1. The minimum atomic E-state index is -0.517. The molecule has 5 rings (SSSR count). The monoisotopic (exact) mass is 467 g/mol. The molecule has 0 amide bonds. The number of hydrogen-bond donors (Lipinski definition) is 2. The Morgan fingerprint density at radius 2 is 2.00 bits per heavy atom. The molecule has 2 atom stereocenters. The maximum absolute atomic E-state index is 12.5. The molecule has 0 aliphatic carbocycles. The van der Waals surface area contributed by atoms with Crippen LogP contribution in [0.5, 0.6) is 17.2 Å². The van der Waals surface area contributed by atoms with Gasteiger partial charge in [0.1, 0.15) is 19.0 Å². The molecule has 0 bridgehead atoms. The van der Waals surface area contributed by atoms with Crippen LogP contribution in [0.1, 0.15) is 12.1 Å². The first-order valence-corrected chi connectivity index (χ1v) is 11.5. The molecule has 1 fully saturated rings. The van der Waals surface area contributed by atoms with Crippen LogP contribution in [0.3, 0.4) is 0 Å². The van der Waals surface area contributed by atoms with Crippen LogP contribution in [0.2, 0.25) is 0 Å². The fourth-order valence-electron chi connectivity index (χ4n) is 4.49. The largest absolute Gasteiger partial charge is 0.495 e. The molecule has 0 radical (unpaired) electrons. The zero-order chi connectivity index (χ0) is 23.5. The number of pyridine rings is 3. The molecule has 180 valence electrons. The predicted molar refractivity (Wildman–Crippen MR) is 125 cm³/mol. The van der Waals surface area contributed by atoms with Gasteiger partial charge in [0.15, 0.2) is 11.5 Å². The molecule has 2 N–H and O–H groups in total. The molecule has 34 heavy (non-hydrogen) atoms. The van der Waals surface area contributed by atoms with Crippen LogP contribution in [0.15, 0.2) is 41.5 Å². The number of nitrogens with zero attached hydrogens (tertiary/aromatic N) is 4. The third kappa shape index (κ3) is 4.84. The van der Waals surface area contributed by atoms with E-state index < -0.39 is 6.10 Å². The molecule has 2 aliphatic heterocycles. The van der Waals surface area contributed by atoms with Crippen LogP contribution in [0, 0.1) is 0 Å². The average molecular weight is 468 g/mol. The molecule has 0 unspecified atom stereocenters. The first kappa shape index (κ1) is 22.6. The number of piperidine rings is 1. The highest BCUT2D eigenvalue weighted by Crippen LogP contribution is 2.29. The second-order valence-electron chi connectivity index (χ2n) is 8.57. The van der Waals surface area contributed by atoms with Crippen molar-refractivity contribution >= 4 is 11.0 Å². The third-order valence-electron chi connectivity index (χ3n) is 6.39. The summed E-state index contributed by atoms with van der Waals surface area (Å²) < 4.78 is 18.1. The van der Waals surface area contributed by atoms with Gasteiger partial charge in [-0.1, -0.05) is 0 Å². The van der Waals surface area contributed by atoms with Crippen LogP contribution in [-0.4, -0.2) is 76.6 Å². The highest BCUT2D eigenvalue weighted by molar-refractivity contribution is 5.75. The van der Waals surface area contributed by atoms with Gasteiger partial charge >= 0.3 is 0 Å². The van der Waals surface area contributed by atoms with Gasteiger partial charge in [-0.15, -0.1) is 0 Å². The van der Waals surface area contributed by atoms with Crippen molar-refractivity contribution in [3.63, 3.8) is 0 Å². The summed E-state index contributed by atoms with van der Waals surface area (Å²) in [5.41, 5.74) is 2.26. The highest BCUT2D eigenvalue weighted by atomic mass is 16.6. The lowest BCUT2D eigenvalue weighted by molar-refractivity contribution is 0.0384. The molecular formula is C24H29N5O5. The van der Waals surface area contributed by atoms with Crippen molar-refractivity contribution in [3.05, 3.63) is 52.7 Å². The van der Waals surface area contributed by atoms with Crippen molar-refractivity contribution in [2.75, 3.05) is 40.0 Å². The van der Waals surface area contributed by atoms with E-state index in [-0.39, 0.29) is 11.6 Å². The summed E-state index contributed by atoms with van der Waals surface area (Å²) in [7, 11) is 1.58. The van der Waals surface area contributed by atoms with Crippen molar-refractivity contribution in [3.8, 4) is 17.2 Å². The van der Waals surface area contributed by atoms with E-state index in [0.717, 1.165) is 29.7 Å². The molecular weight excluding hydrogens is 438 g/mol. The summed E-state index contributed by atoms with van der Waals surface area (Å²) in [5.74, 6) is 1.99. The van der Waals surface area contributed by atoms with Gasteiger partial charge in [-0.25, -0.2) is 0 Å². The number of aliphatic hydroxyl groups is 1. The van der Waals surface area contributed by atoms with Gasteiger partial charge in [0.05, 0.1) is 42.3 Å². The zero-order valence-electron chi connectivity index (χ0n) is 19.1. The van der Waals surface area contributed by atoms with E-state index in [1.807, 2.05) is 12.1 Å². The molecule has 2 aliphatic rings. The SMILES string of the molecule is COc1cnc2ccc(=O)n(CCN3CC[C@@H](NCc4cc5c(cn4)OCCO5)[C@@H](O)C3)c2c1. The van der Waals surface area contributed by atoms with E-state index in [0.29, 0.717) is 56.6 Å². The Hall–Kier alpha value is -3.21. The van der Waals surface area contributed by atoms with Crippen molar-refractivity contribution in [2.45, 2.75) is 31.7 Å². The van der Waals surface area contributed by atoms with E-state index in [4.69, 9.17) is 14.2 Å². The second kappa shape index (κ2) is 9.96. The average Bonchev–Trinajstić information content (AvgIpc) is 2.87. The molecule has 10 heteroatoms. The molecule has 3 aromatic rings. The predicted octanol–water partition coefficient (Wildman–Crippen LogP) is 0.796. The van der Waals surface area contributed by atoms with Crippen LogP contribution >= 0.6 is 0 Å². The smallest absolute Gasteiger partial charge is 0.251 e. The molecule has 0 aromatic carbocycles. The van der Waals surface area contributed by atoms with Crippen LogP contribution < -0.4 is 25.1 Å². The fraction of sp³-hybridized carbons (Fsp3) is 0.458. The van der Waals surface area contributed by atoms with Crippen molar-refractivity contribution in [1.29, 1.82) is 0 Å². The van der Waals surface area contributed by atoms with Gasteiger partial charge in [0, 0.05) is 50.4 Å². The molecule has 0 saturated carbocycles. The van der Waals surface area contributed by atoms with E-state index in [2.05, 4.69) is 20.2 Å². The maximum Gasteiger partial charge on any atom is 0.251 e. The molecule has 5 heterocycles. The number of rotatable bonds is 7. The van der Waals surface area contributed by atoms with Crippen molar-refractivity contribution in [1.82, 2.24) is 24.8 Å². The Bertz CT molecular complexity index is 1220. The first-order valence-electron chi connectivity index (χ1n) is 11.5. The Labute approximate surface area is 197 Å². The molecule has 3 aromatic heterocycles. The van der Waals surface area contributed by atoms with E-state index in [1.165, 1.54) is 0 Å². The van der Waals surface area contributed by atoms with Gasteiger partial charge in [0.2, 0.25) is 0 Å². The summed E-state index contributed by atoms with van der Waals surface area (Å²) in [6.07, 6.45) is 3.61. The Morgan fingerprint density at radius 1 is 1.15 bits per heavy atom. The Kier molecular flexibility index (Phi) is 6.61. The number of hydrogen-bond acceptors (Lipinski definition) is 9. The van der Waals surface area contributed by atoms with Crippen LogP contribution in [0.25, 0.3) is 11.0 Å². The van der Waals surface area contributed by atoms with Crippen molar-refractivity contribution in [2.24, 2.45) is 0 Å². The summed E-state index contributed by atoms with van der Waals surface area (Å²) in [5, 5.41) is 14.2. The zero-order valence-corrected chi connectivity index (χ0v) is 19.1. The fourth-order valence-corrected chi connectivity index (χ4v) is 4.49. The summed E-state index contributed by atoms with van der Waals surface area (Å²) in [6, 6.07) is 6.96. The topological polar surface area (TPSA) is 111 Å². The van der Waals surface area contributed by atoms with Gasteiger partial charge in [-0.05, 0) is 19.0 Å². The minimum absolute atomic E-state index is 0.0278. The summed E-state index contributed by atoms with van der Waals surface area (Å²) in [4.78, 5) is 23.5. The normalized spacial score (nSPS) is 20.4. The third-order valence-corrected chi connectivity index (χ3v) is 6.39. The van der Waals surface area contributed by atoms with Crippen LogP contribution in [-0.2, 0) is 13.1 Å². The number of β-amino-alcohol motifs (C(OH)–C–C–N with tert-alkyl or cyclic N) is 1. The molecule has 10 nitrogen and oxygen atoms in total. The van der Waals surface area contributed by atoms with E-state index in [1.54, 1.807) is 36.2 Å². The number of fused-ring (bicyclic) bond motifs is 2. The van der Waals surface area contributed by atoms with E-state index >= 15 is 0 Å². The second-order valence-corrected chi connectivity index (χ2v) is 8.57. The number of aromatic nitrogens is 3. The minimum Gasteiger partial charge on any atom is -0.495 e. The first-order chi connectivity index (χ1) is 16.6. The Morgan fingerprint density at radius 3 is 2.82 bits per heavy atom. The number of nitrogens with one attached hydrogen (secondary N) is 1. The van der Waals surface area contributed by atoms with Gasteiger partial charge < -0.3 is 29.2 Å². The van der Waals surface area contributed by atoms with Gasteiger partial charge in [-0.2, -0.15) is 0 Å². The Balaban J connectivity index is 1.17. The number of methoxy groups -OCH3 is 1. The summed E-state index contributed by atoms with van der Waals surface area (Å²) >= 11 is 0. The lowest BCUT2D eigenvalue weighted by atomic mass is 10.0. The lowest BCUT2D eigenvalue weighted by Crippen LogP contribution is -2.53. The molecule has 0 spiro atoms. The lowest BCUT2D eigenvalue weighted by Gasteiger charge is -2.36.